The predicted octanol–water partition coefficient (Wildman–Crippen LogP) is 3.70. The quantitative estimate of drug-likeness (QED) is 0.789. The van der Waals surface area contributed by atoms with E-state index in [1.165, 1.54) is 9.80 Å². The van der Waals surface area contributed by atoms with Crippen LogP contribution >= 0.6 is 15.9 Å². The number of anilines is 2. The third-order valence-corrected chi connectivity index (χ3v) is 6.36. The summed E-state index contributed by atoms with van der Waals surface area (Å²) in [6, 6.07) is 12.5. The van der Waals surface area contributed by atoms with Crippen molar-refractivity contribution >= 4 is 45.0 Å². The monoisotopic (exact) mass is 441 g/mol. The van der Waals surface area contributed by atoms with E-state index in [2.05, 4.69) is 21.2 Å². The number of nitrogens with one attached hydrogen (secondary N) is 1. The number of hydrogen-bond donors (Lipinski definition) is 1. The second kappa shape index (κ2) is 6.74. The van der Waals surface area contributed by atoms with E-state index in [1.54, 1.807) is 30.3 Å². The van der Waals surface area contributed by atoms with E-state index in [1.807, 2.05) is 26.0 Å². The van der Waals surface area contributed by atoms with E-state index in [0.29, 0.717) is 23.5 Å². The summed E-state index contributed by atoms with van der Waals surface area (Å²) in [5.74, 6) is -0.753. The van der Waals surface area contributed by atoms with E-state index in [9.17, 15) is 14.4 Å². The first-order valence-electron chi connectivity index (χ1n) is 9.22. The Kier molecular flexibility index (Phi) is 4.50. The molecule has 1 saturated heterocycles. The zero-order valence-corrected chi connectivity index (χ0v) is 17.2. The van der Waals surface area contributed by atoms with Gasteiger partial charge in [0.25, 0.3) is 11.8 Å². The molecular weight excluding hydrogens is 422 g/mol. The Morgan fingerprint density at radius 2 is 1.96 bits per heavy atom. The molecule has 0 aliphatic carbocycles. The van der Waals surface area contributed by atoms with Gasteiger partial charge in [0.1, 0.15) is 0 Å². The second-order valence-corrected chi connectivity index (χ2v) is 7.88. The normalized spacial score (nSPS) is 20.8. The van der Waals surface area contributed by atoms with Crippen molar-refractivity contribution in [2.24, 2.45) is 0 Å². The first kappa shape index (κ1) is 18.7. The predicted molar refractivity (Wildman–Crippen MR) is 110 cm³/mol. The zero-order valence-electron chi connectivity index (χ0n) is 15.7. The molecule has 0 radical (unpaired) electrons. The molecule has 1 N–H and O–H groups in total. The fourth-order valence-corrected chi connectivity index (χ4v) is 4.41. The minimum atomic E-state index is -1.35. The Morgan fingerprint density at radius 1 is 1.21 bits per heavy atom. The van der Waals surface area contributed by atoms with Crippen molar-refractivity contribution in [2.45, 2.75) is 32.4 Å². The molecule has 0 spiro atoms. The summed E-state index contributed by atoms with van der Waals surface area (Å²) in [6.07, 6.45) is 0.478. The largest absolute Gasteiger partial charge is 0.322 e. The number of carbonyl (C=O) groups is 3. The third-order valence-electron chi connectivity index (χ3n) is 5.47. The number of nitrogens with zero attached hydrogens (tertiary/aromatic N) is 2. The molecule has 4 rings (SSSR count). The lowest BCUT2D eigenvalue weighted by Gasteiger charge is -2.48. The minimum Gasteiger partial charge on any atom is -0.322 e. The molecule has 2 aliphatic heterocycles. The molecule has 0 unspecified atom stereocenters. The number of fused-ring (bicyclic) bond motifs is 3. The van der Waals surface area contributed by atoms with Gasteiger partial charge in [0.05, 0.1) is 11.3 Å². The van der Waals surface area contributed by atoms with Gasteiger partial charge in [0.15, 0.2) is 0 Å². The van der Waals surface area contributed by atoms with Crippen LogP contribution in [0.15, 0.2) is 46.9 Å². The summed E-state index contributed by atoms with van der Waals surface area (Å²) in [6.45, 7) is 4.08. The maximum atomic E-state index is 13.5. The maximum absolute atomic E-state index is 13.5. The van der Waals surface area contributed by atoms with Crippen LogP contribution in [0.4, 0.5) is 11.4 Å². The first-order chi connectivity index (χ1) is 13.4. The highest BCUT2D eigenvalue weighted by Crippen LogP contribution is 2.44. The second-order valence-electron chi connectivity index (χ2n) is 7.03. The Morgan fingerprint density at radius 3 is 2.68 bits per heavy atom. The molecule has 6 nitrogen and oxygen atoms in total. The SMILES string of the molecule is CCN1C(=O)c2ccccc2N2C(=O)CC[C@]12C(=O)Nc1ccc(Br)c(C)c1. The van der Waals surface area contributed by atoms with Crippen LogP contribution in [0.3, 0.4) is 0 Å². The summed E-state index contributed by atoms with van der Waals surface area (Å²) < 4.78 is 0.943. The number of rotatable bonds is 3. The standard InChI is InChI=1S/C21H20BrN3O3/c1-3-24-19(27)15-6-4-5-7-17(15)25-18(26)10-11-21(24,25)20(28)23-14-8-9-16(22)13(2)12-14/h4-9,12H,3,10-11H2,1-2H3,(H,23,28)/t21-/m0/s1. The van der Waals surface area contributed by atoms with Crippen LogP contribution in [-0.2, 0) is 9.59 Å². The van der Waals surface area contributed by atoms with Gasteiger partial charge >= 0.3 is 0 Å². The molecule has 2 aliphatic rings. The molecule has 0 bridgehead atoms. The topological polar surface area (TPSA) is 69.7 Å². The summed E-state index contributed by atoms with van der Waals surface area (Å²) in [4.78, 5) is 42.5. The van der Waals surface area contributed by atoms with E-state index in [0.717, 1.165) is 10.0 Å². The highest BCUT2D eigenvalue weighted by atomic mass is 79.9. The van der Waals surface area contributed by atoms with Gasteiger partial charge in [-0.3, -0.25) is 19.3 Å². The van der Waals surface area contributed by atoms with Crippen molar-refractivity contribution in [3.8, 4) is 0 Å². The van der Waals surface area contributed by atoms with Crippen molar-refractivity contribution in [1.82, 2.24) is 4.90 Å². The molecule has 1 atom stereocenters. The minimum absolute atomic E-state index is 0.152. The van der Waals surface area contributed by atoms with Crippen molar-refractivity contribution in [3.63, 3.8) is 0 Å². The Bertz CT molecular complexity index is 1010. The number of hydrogen-bond acceptors (Lipinski definition) is 3. The van der Waals surface area contributed by atoms with E-state index < -0.39 is 5.66 Å². The summed E-state index contributed by atoms with van der Waals surface area (Å²) in [7, 11) is 0. The molecule has 0 saturated carbocycles. The van der Waals surface area contributed by atoms with Crippen LogP contribution in [0, 0.1) is 6.92 Å². The molecule has 144 valence electrons. The van der Waals surface area contributed by atoms with E-state index >= 15 is 0 Å². The van der Waals surface area contributed by atoms with Gasteiger partial charge in [0.2, 0.25) is 11.6 Å². The zero-order chi connectivity index (χ0) is 20.1. The number of halogens is 1. The lowest BCUT2D eigenvalue weighted by Crippen LogP contribution is -2.69. The number of amides is 3. The van der Waals surface area contributed by atoms with E-state index in [-0.39, 0.29) is 30.6 Å². The maximum Gasteiger partial charge on any atom is 0.271 e. The number of carbonyl (C=O) groups excluding carboxylic acids is 3. The smallest absolute Gasteiger partial charge is 0.271 e. The van der Waals surface area contributed by atoms with Gasteiger partial charge < -0.3 is 10.2 Å². The van der Waals surface area contributed by atoms with Crippen LogP contribution in [0.25, 0.3) is 0 Å². The first-order valence-corrected chi connectivity index (χ1v) is 10.0. The van der Waals surface area contributed by atoms with Crippen molar-refractivity contribution in [3.05, 3.63) is 58.1 Å². The van der Waals surface area contributed by atoms with E-state index in [4.69, 9.17) is 0 Å². The van der Waals surface area contributed by atoms with Gasteiger partial charge in [-0.2, -0.15) is 0 Å². The number of benzene rings is 2. The van der Waals surface area contributed by atoms with Gasteiger partial charge in [-0.25, -0.2) is 0 Å². The molecule has 28 heavy (non-hydrogen) atoms. The third kappa shape index (κ3) is 2.57. The summed E-state index contributed by atoms with van der Waals surface area (Å²) in [5.41, 5.74) is 1.20. The molecule has 2 aromatic rings. The molecule has 1 fully saturated rings. The van der Waals surface area contributed by atoms with Gasteiger partial charge in [-0.15, -0.1) is 0 Å². The van der Waals surface area contributed by atoms with Crippen LogP contribution in [-0.4, -0.2) is 34.8 Å². The fourth-order valence-electron chi connectivity index (χ4n) is 4.16. The van der Waals surface area contributed by atoms with Gasteiger partial charge in [-0.05, 0) is 49.7 Å². The summed E-state index contributed by atoms with van der Waals surface area (Å²) >= 11 is 3.45. The van der Waals surface area contributed by atoms with Crippen LogP contribution in [0.1, 0.15) is 35.7 Å². The molecule has 3 amide bonds. The van der Waals surface area contributed by atoms with Crippen LogP contribution in [0.2, 0.25) is 0 Å². The Hall–Kier alpha value is -2.67. The van der Waals surface area contributed by atoms with Gasteiger partial charge in [-0.1, -0.05) is 28.1 Å². The molecule has 7 heteroatoms. The van der Waals surface area contributed by atoms with Crippen LogP contribution in [0.5, 0.6) is 0 Å². The Balaban J connectivity index is 1.82. The molecular formula is C21H20BrN3O3. The molecule has 2 heterocycles. The van der Waals surface area contributed by atoms with Crippen molar-refractivity contribution < 1.29 is 14.4 Å². The highest BCUT2D eigenvalue weighted by Gasteiger charge is 2.60. The molecule has 0 aromatic heterocycles. The number of likely N-dealkylation sites (N-methyl/N-ethyl adjacent to an activating group) is 1. The number of aryl methyl sites for hydroxylation is 1. The highest BCUT2D eigenvalue weighted by molar-refractivity contribution is 9.10. The van der Waals surface area contributed by atoms with Crippen molar-refractivity contribution in [1.29, 1.82) is 0 Å². The van der Waals surface area contributed by atoms with Gasteiger partial charge in [0, 0.05) is 29.5 Å². The van der Waals surface area contributed by atoms with Crippen LogP contribution < -0.4 is 10.2 Å². The lowest BCUT2D eigenvalue weighted by atomic mass is 9.95. The number of para-hydroxylation sites is 1. The fraction of sp³-hybridized carbons (Fsp3) is 0.286. The Labute approximate surface area is 171 Å². The average molecular weight is 442 g/mol. The molecule has 2 aromatic carbocycles. The van der Waals surface area contributed by atoms with Crippen molar-refractivity contribution in [2.75, 3.05) is 16.8 Å². The average Bonchev–Trinajstić information content (AvgIpc) is 3.04. The lowest BCUT2D eigenvalue weighted by molar-refractivity contribution is -0.128. The summed E-state index contributed by atoms with van der Waals surface area (Å²) in [5, 5.41) is 2.93.